The lowest BCUT2D eigenvalue weighted by atomic mass is 10.0. The van der Waals surface area contributed by atoms with Gasteiger partial charge in [0, 0.05) is 15.6 Å². The molecular formula is C28H18Cl2N2O2. The molecule has 0 saturated carbocycles. The molecular weight excluding hydrogens is 467 g/mol. The molecule has 0 amide bonds. The molecule has 0 spiro atoms. The van der Waals surface area contributed by atoms with Gasteiger partial charge >= 0.3 is 5.97 Å². The van der Waals surface area contributed by atoms with Crippen molar-refractivity contribution in [1.29, 1.82) is 0 Å². The average Bonchev–Trinajstić information content (AvgIpc) is 3.26. The minimum absolute atomic E-state index is 0.105. The summed E-state index contributed by atoms with van der Waals surface area (Å²) in [6, 6.07) is 30.3. The van der Waals surface area contributed by atoms with Crippen molar-refractivity contribution in [3.05, 3.63) is 118 Å². The van der Waals surface area contributed by atoms with Crippen molar-refractivity contribution in [2.75, 3.05) is 0 Å². The van der Waals surface area contributed by atoms with Gasteiger partial charge < -0.3 is 5.11 Å². The Bertz CT molecular complexity index is 1550. The monoisotopic (exact) mass is 484 g/mol. The Morgan fingerprint density at radius 3 is 2.29 bits per heavy atom. The lowest BCUT2D eigenvalue weighted by molar-refractivity contribution is -0.130. The summed E-state index contributed by atoms with van der Waals surface area (Å²) in [5.74, 6) is -1.06. The fourth-order valence-electron chi connectivity index (χ4n) is 3.87. The third kappa shape index (κ3) is 4.46. The zero-order valence-electron chi connectivity index (χ0n) is 17.8. The molecule has 4 nitrogen and oxygen atoms in total. The van der Waals surface area contributed by atoms with Crippen LogP contribution in [-0.4, -0.2) is 20.9 Å². The molecule has 6 heteroatoms. The maximum Gasteiger partial charge on any atom is 0.336 e. The van der Waals surface area contributed by atoms with Crippen LogP contribution in [0, 0.1) is 0 Å². The number of hydrogen-bond donors (Lipinski definition) is 1. The molecule has 0 bridgehead atoms. The fraction of sp³-hybridized carbons (Fsp3) is 0. The van der Waals surface area contributed by atoms with Crippen LogP contribution in [0.5, 0.6) is 0 Å². The molecule has 1 aromatic heterocycles. The predicted octanol–water partition coefficient (Wildman–Crippen LogP) is 7.62. The number of rotatable bonds is 5. The van der Waals surface area contributed by atoms with Gasteiger partial charge in [0.2, 0.25) is 0 Å². The van der Waals surface area contributed by atoms with Crippen LogP contribution in [-0.2, 0) is 4.79 Å². The zero-order chi connectivity index (χ0) is 23.7. The van der Waals surface area contributed by atoms with Crippen molar-refractivity contribution in [3.8, 4) is 16.9 Å². The van der Waals surface area contributed by atoms with E-state index in [1.807, 2.05) is 65.3 Å². The van der Waals surface area contributed by atoms with Crippen LogP contribution in [0.1, 0.15) is 11.3 Å². The van der Waals surface area contributed by atoms with Crippen LogP contribution in [0.3, 0.4) is 0 Å². The van der Waals surface area contributed by atoms with Crippen LogP contribution in [0.4, 0.5) is 0 Å². The van der Waals surface area contributed by atoms with Crippen LogP contribution in [0.2, 0.25) is 10.0 Å². The minimum atomic E-state index is -1.06. The quantitative estimate of drug-likeness (QED) is 0.261. The second-order valence-electron chi connectivity index (χ2n) is 7.78. The number of fused-ring (bicyclic) bond motifs is 1. The molecule has 0 radical (unpaired) electrons. The summed E-state index contributed by atoms with van der Waals surface area (Å²) >= 11 is 12.2. The first-order valence-electron chi connectivity index (χ1n) is 10.5. The van der Waals surface area contributed by atoms with E-state index in [0.29, 0.717) is 21.3 Å². The molecule has 0 aliphatic heterocycles. The summed E-state index contributed by atoms with van der Waals surface area (Å²) in [4.78, 5) is 12.1. The Morgan fingerprint density at radius 2 is 1.56 bits per heavy atom. The highest BCUT2D eigenvalue weighted by molar-refractivity contribution is 6.31. The van der Waals surface area contributed by atoms with Gasteiger partial charge in [-0.1, -0.05) is 77.8 Å². The summed E-state index contributed by atoms with van der Waals surface area (Å²) < 4.78 is 1.82. The van der Waals surface area contributed by atoms with Crippen LogP contribution in [0.25, 0.3) is 39.4 Å². The van der Waals surface area contributed by atoms with Gasteiger partial charge in [-0.15, -0.1) is 0 Å². The van der Waals surface area contributed by atoms with Crippen molar-refractivity contribution >= 4 is 51.6 Å². The maximum atomic E-state index is 12.1. The average molecular weight is 485 g/mol. The molecule has 4 aromatic carbocycles. The highest BCUT2D eigenvalue weighted by atomic mass is 35.5. The topological polar surface area (TPSA) is 55.1 Å². The van der Waals surface area contributed by atoms with Gasteiger partial charge in [0.1, 0.15) is 0 Å². The summed E-state index contributed by atoms with van der Waals surface area (Å²) in [6.45, 7) is 0. The second-order valence-corrected chi connectivity index (χ2v) is 8.65. The number of halogens is 2. The molecule has 0 aliphatic rings. The SMILES string of the molecule is O=C(O)/C(=C\c1cc(-c2ccc(Cl)cc2)n(-c2ccc3ccccc3c2)n1)c1cccc(Cl)c1. The van der Waals surface area contributed by atoms with Gasteiger partial charge in [-0.3, -0.25) is 0 Å². The molecule has 34 heavy (non-hydrogen) atoms. The highest BCUT2D eigenvalue weighted by Gasteiger charge is 2.16. The van der Waals surface area contributed by atoms with Gasteiger partial charge in [0.25, 0.3) is 0 Å². The summed E-state index contributed by atoms with van der Waals surface area (Å²) in [6.07, 6.45) is 1.56. The van der Waals surface area contributed by atoms with Crippen molar-refractivity contribution in [2.45, 2.75) is 0 Å². The van der Waals surface area contributed by atoms with E-state index >= 15 is 0 Å². The first-order valence-corrected chi connectivity index (χ1v) is 11.3. The van der Waals surface area contributed by atoms with E-state index in [-0.39, 0.29) is 5.57 Å². The number of carboxylic acid groups (broad SMARTS) is 1. The van der Waals surface area contributed by atoms with Gasteiger partial charge in [-0.25, -0.2) is 9.48 Å². The number of aromatic nitrogens is 2. The first kappa shape index (κ1) is 22.0. The smallest absolute Gasteiger partial charge is 0.336 e. The van der Waals surface area contributed by atoms with E-state index in [0.717, 1.165) is 27.7 Å². The lowest BCUT2D eigenvalue weighted by Crippen LogP contribution is -2.01. The van der Waals surface area contributed by atoms with Crippen LogP contribution >= 0.6 is 23.2 Å². The normalized spacial score (nSPS) is 11.6. The Kier molecular flexibility index (Phi) is 5.93. The Balaban J connectivity index is 1.69. The lowest BCUT2D eigenvalue weighted by Gasteiger charge is -2.09. The van der Waals surface area contributed by atoms with Crippen molar-refractivity contribution in [2.24, 2.45) is 0 Å². The largest absolute Gasteiger partial charge is 0.478 e. The molecule has 0 fully saturated rings. The predicted molar refractivity (Wildman–Crippen MR) is 138 cm³/mol. The molecule has 0 unspecified atom stereocenters. The van der Waals surface area contributed by atoms with Crippen LogP contribution in [0.15, 0.2) is 97.1 Å². The van der Waals surface area contributed by atoms with Gasteiger partial charge in [0.05, 0.1) is 22.6 Å². The number of hydrogen-bond acceptors (Lipinski definition) is 2. The van der Waals surface area contributed by atoms with Crippen molar-refractivity contribution in [1.82, 2.24) is 9.78 Å². The number of benzene rings is 4. The molecule has 1 heterocycles. The Hall–Kier alpha value is -3.86. The third-order valence-electron chi connectivity index (χ3n) is 5.50. The minimum Gasteiger partial charge on any atom is -0.478 e. The Morgan fingerprint density at radius 1 is 0.794 bits per heavy atom. The van der Waals surface area contributed by atoms with Gasteiger partial charge in [-0.05, 0) is 64.9 Å². The van der Waals surface area contributed by atoms with Crippen molar-refractivity contribution < 1.29 is 9.90 Å². The fourth-order valence-corrected chi connectivity index (χ4v) is 4.19. The molecule has 1 N–H and O–H groups in total. The van der Waals surface area contributed by atoms with Gasteiger partial charge in [-0.2, -0.15) is 5.10 Å². The van der Waals surface area contributed by atoms with Crippen molar-refractivity contribution in [3.63, 3.8) is 0 Å². The van der Waals surface area contributed by atoms with Gasteiger partial charge in [0.15, 0.2) is 0 Å². The van der Waals surface area contributed by atoms with Crippen LogP contribution < -0.4 is 0 Å². The second kappa shape index (κ2) is 9.18. The Labute approximate surface area is 206 Å². The standard InChI is InChI=1S/C28H18Cl2N2O2/c29-22-11-8-19(9-12-22)27-17-24(16-26(28(33)34)21-6-3-7-23(30)14-21)31-32(27)25-13-10-18-4-1-2-5-20(18)15-25/h1-17H,(H,33,34)/b26-16-. The molecule has 0 saturated heterocycles. The van der Waals surface area contributed by atoms with E-state index in [1.54, 1.807) is 30.3 Å². The number of aliphatic carboxylic acids is 1. The molecule has 5 aromatic rings. The first-order chi connectivity index (χ1) is 16.5. The summed E-state index contributed by atoms with van der Waals surface area (Å²) in [7, 11) is 0. The highest BCUT2D eigenvalue weighted by Crippen LogP contribution is 2.29. The summed E-state index contributed by atoms with van der Waals surface area (Å²) in [5, 5.41) is 18.0. The van der Waals surface area contributed by atoms with E-state index < -0.39 is 5.97 Å². The number of carbonyl (C=O) groups is 1. The third-order valence-corrected chi connectivity index (χ3v) is 5.99. The zero-order valence-corrected chi connectivity index (χ0v) is 19.3. The number of carboxylic acids is 1. The summed E-state index contributed by atoms with van der Waals surface area (Å²) in [5.41, 5.74) is 3.71. The number of nitrogens with zero attached hydrogens (tertiary/aromatic N) is 2. The molecule has 0 atom stereocenters. The molecule has 5 rings (SSSR count). The molecule has 0 aliphatic carbocycles. The maximum absolute atomic E-state index is 12.1. The van der Waals surface area contributed by atoms with E-state index in [1.165, 1.54) is 0 Å². The van der Waals surface area contributed by atoms with E-state index in [2.05, 4.69) is 12.1 Å². The van der Waals surface area contributed by atoms with E-state index in [9.17, 15) is 9.90 Å². The van der Waals surface area contributed by atoms with E-state index in [4.69, 9.17) is 28.3 Å². The molecule has 166 valence electrons.